The molecule has 68 valence electrons. The average molecular weight is 167 g/mol. The van der Waals surface area contributed by atoms with Crippen LogP contribution in [0.25, 0.3) is 0 Å². The van der Waals surface area contributed by atoms with Crippen molar-refractivity contribution >= 4 is 5.91 Å². The summed E-state index contributed by atoms with van der Waals surface area (Å²) in [5, 5.41) is 0. The third-order valence-corrected chi connectivity index (χ3v) is 3.12. The monoisotopic (exact) mass is 167 g/mol. The minimum absolute atomic E-state index is 0.388. The minimum atomic E-state index is 0.388. The van der Waals surface area contributed by atoms with Crippen LogP contribution < -0.4 is 0 Å². The first-order valence-corrected chi connectivity index (χ1v) is 5.17. The number of fused-ring (bicyclic) bond motifs is 2. The molecule has 0 aliphatic carbocycles. The molecule has 1 unspecified atom stereocenters. The number of amides is 1. The van der Waals surface area contributed by atoms with Crippen molar-refractivity contribution in [3.05, 3.63) is 0 Å². The van der Waals surface area contributed by atoms with Gasteiger partial charge in [-0.1, -0.05) is 12.8 Å². The number of rotatable bonds is 0. The molecule has 0 aromatic rings. The van der Waals surface area contributed by atoms with Crippen LogP contribution in [0.2, 0.25) is 0 Å². The number of carbonyl (C=O) groups is 1. The normalized spacial score (nSPS) is 31.2. The molecule has 1 atom stereocenters. The molecule has 2 aliphatic heterocycles. The summed E-state index contributed by atoms with van der Waals surface area (Å²) in [5.74, 6) is 0.833. The summed E-state index contributed by atoms with van der Waals surface area (Å²) in [4.78, 5) is 13.8. The molecule has 2 heteroatoms. The zero-order chi connectivity index (χ0) is 8.39. The summed E-state index contributed by atoms with van der Waals surface area (Å²) in [5.41, 5.74) is 0. The second-order valence-corrected chi connectivity index (χ2v) is 4.01. The van der Waals surface area contributed by atoms with Crippen molar-refractivity contribution in [3.8, 4) is 0 Å². The van der Waals surface area contributed by atoms with Gasteiger partial charge in [0, 0.05) is 19.0 Å². The zero-order valence-corrected chi connectivity index (χ0v) is 7.59. The maximum absolute atomic E-state index is 11.7. The fourth-order valence-electron chi connectivity index (χ4n) is 2.38. The Hall–Kier alpha value is -0.530. The second-order valence-electron chi connectivity index (χ2n) is 4.01. The molecular weight excluding hydrogens is 150 g/mol. The van der Waals surface area contributed by atoms with Gasteiger partial charge in [0.1, 0.15) is 0 Å². The summed E-state index contributed by atoms with van der Waals surface area (Å²) in [6.07, 6.45) is 7.34. The molecule has 0 spiro atoms. The molecule has 0 N–H and O–H groups in total. The summed E-state index contributed by atoms with van der Waals surface area (Å²) in [7, 11) is 0. The van der Waals surface area contributed by atoms with Crippen molar-refractivity contribution in [2.24, 2.45) is 5.92 Å². The van der Waals surface area contributed by atoms with Crippen molar-refractivity contribution in [1.82, 2.24) is 4.90 Å². The van der Waals surface area contributed by atoms with E-state index in [2.05, 4.69) is 4.90 Å². The highest BCUT2D eigenvalue weighted by Gasteiger charge is 2.28. The summed E-state index contributed by atoms with van der Waals surface area (Å²) in [6.45, 7) is 2.05. The fraction of sp³-hybridized carbons (Fsp3) is 0.900. The molecular formula is C10H17NO. The van der Waals surface area contributed by atoms with Gasteiger partial charge in [0.2, 0.25) is 5.91 Å². The molecule has 0 aromatic carbocycles. The molecule has 0 radical (unpaired) electrons. The Morgan fingerprint density at radius 2 is 1.75 bits per heavy atom. The molecule has 12 heavy (non-hydrogen) atoms. The quantitative estimate of drug-likeness (QED) is 0.538. The highest BCUT2D eigenvalue weighted by molar-refractivity contribution is 5.79. The highest BCUT2D eigenvalue weighted by Crippen LogP contribution is 2.25. The van der Waals surface area contributed by atoms with E-state index in [0.717, 1.165) is 25.9 Å². The molecule has 2 heterocycles. The van der Waals surface area contributed by atoms with Crippen LogP contribution in [-0.4, -0.2) is 23.9 Å². The number of hydrogen-bond acceptors (Lipinski definition) is 1. The van der Waals surface area contributed by atoms with Gasteiger partial charge < -0.3 is 4.90 Å². The maximum Gasteiger partial charge on any atom is 0.225 e. The maximum atomic E-state index is 11.7. The zero-order valence-electron chi connectivity index (χ0n) is 7.59. The van der Waals surface area contributed by atoms with Crippen LogP contribution in [0, 0.1) is 5.92 Å². The fourth-order valence-corrected chi connectivity index (χ4v) is 2.38. The van der Waals surface area contributed by atoms with Crippen LogP contribution in [-0.2, 0) is 4.79 Å². The largest absolute Gasteiger partial charge is 0.342 e. The summed E-state index contributed by atoms with van der Waals surface area (Å²) in [6, 6.07) is 0. The Balaban J connectivity index is 2.05. The van der Waals surface area contributed by atoms with E-state index in [1.54, 1.807) is 0 Å². The lowest BCUT2D eigenvalue weighted by atomic mass is 9.89. The first-order chi connectivity index (χ1) is 5.88. The Morgan fingerprint density at radius 1 is 1.00 bits per heavy atom. The number of hydrogen-bond donors (Lipinski definition) is 0. The van der Waals surface area contributed by atoms with Crippen LogP contribution in [0.3, 0.4) is 0 Å². The predicted molar refractivity (Wildman–Crippen MR) is 47.8 cm³/mol. The first kappa shape index (κ1) is 8.09. The SMILES string of the molecule is O=C1C2CCCCCN1CCC2. The van der Waals surface area contributed by atoms with E-state index >= 15 is 0 Å². The van der Waals surface area contributed by atoms with E-state index in [9.17, 15) is 4.79 Å². The number of nitrogens with zero attached hydrogens (tertiary/aromatic N) is 1. The van der Waals surface area contributed by atoms with E-state index in [-0.39, 0.29) is 0 Å². The number of carbonyl (C=O) groups excluding carboxylic acids is 1. The molecule has 2 bridgehead atoms. The van der Waals surface area contributed by atoms with Gasteiger partial charge in [0.15, 0.2) is 0 Å². The van der Waals surface area contributed by atoms with Crippen molar-refractivity contribution in [2.45, 2.75) is 38.5 Å². The third kappa shape index (κ3) is 1.47. The van der Waals surface area contributed by atoms with E-state index in [0.29, 0.717) is 11.8 Å². The number of piperidine rings is 1. The Kier molecular flexibility index (Phi) is 2.33. The van der Waals surface area contributed by atoms with Gasteiger partial charge in [-0.2, -0.15) is 0 Å². The van der Waals surface area contributed by atoms with Crippen LogP contribution in [0.4, 0.5) is 0 Å². The predicted octanol–water partition coefficient (Wildman–Crippen LogP) is 1.80. The van der Waals surface area contributed by atoms with E-state index in [1.165, 1.54) is 25.7 Å². The van der Waals surface area contributed by atoms with Crippen LogP contribution in [0.15, 0.2) is 0 Å². The molecule has 2 aliphatic rings. The van der Waals surface area contributed by atoms with E-state index in [4.69, 9.17) is 0 Å². The van der Waals surface area contributed by atoms with E-state index in [1.807, 2.05) is 0 Å². The van der Waals surface area contributed by atoms with Crippen molar-refractivity contribution in [2.75, 3.05) is 13.1 Å². The van der Waals surface area contributed by atoms with Crippen LogP contribution in [0.1, 0.15) is 38.5 Å². The first-order valence-electron chi connectivity index (χ1n) is 5.17. The highest BCUT2D eigenvalue weighted by atomic mass is 16.2. The topological polar surface area (TPSA) is 20.3 Å². The van der Waals surface area contributed by atoms with Gasteiger partial charge in [-0.15, -0.1) is 0 Å². The smallest absolute Gasteiger partial charge is 0.225 e. The molecule has 1 amide bonds. The second kappa shape index (κ2) is 3.46. The molecule has 2 rings (SSSR count). The third-order valence-electron chi connectivity index (χ3n) is 3.12. The van der Waals surface area contributed by atoms with Crippen molar-refractivity contribution < 1.29 is 4.79 Å². The van der Waals surface area contributed by atoms with Gasteiger partial charge in [-0.3, -0.25) is 4.79 Å². The average Bonchev–Trinajstić information content (AvgIpc) is 2.10. The molecule has 2 saturated heterocycles. The Morgan fingerprint density at radius 3 is 2.67 bits per heavy atom. The molecule has 2 fully saturated rings. The Labute approximate surface area is 73.9 Å². The molecule has 2 nitrogen and oxygen atoms in total. The van der Waals surface area contributed by atoms with Crippen LogP contribution >= 0.6 is 0 Å². The lowest BCUT2D eigenvalue weighted by Crippen LogP contribution is -2.42. The molecule has 0 aromatic heterocycles. The lowest BCUT2D eigenvalue weighted by Gasteiger charge is -2.34. The summed E-state index contributed by atoms with van der Waals surface area (Å²) >= 11 is 0. The standard InChI is InChI=1S/C10H17NO/c12-10-9-5-2-1-3-7-11(10)8-4-6-9/h9H,1-8H2. The Bertz CT molecular complexity index is 163. The van der Waals surface area contributed by atoms with Gasteiger partial charge in [-0.25, -0.2) is 0 Å². The minimum Gasteiger partial charge on any atom is -0.342 e. The van der Waals surface area contributed by atoms with Gasteiger partial charge >= 0.3 is 0 Å². The van der Waals surface area contributed by atoms with Gasteiger partial charge in [0.05, 0.1) is 0 Å². The van der Waals surface area contributed by atoms with Crippen molar-refractivity contribution in [3.63, 3.8) is 0 Å². The van der Waals surface area contributed by atoms with Gasteiger partial charge in [-0.05, 0) is 25.7 Å². The van der Waals surface area contributed by atoms with Crippen molar-refractivity contribution in [1.29, 1.82) is 0 Å². The molecule has 0 saturated carbocycles. The van der Waals surface area contributed by atoms with Gasteiger partial charge in [0.25, 0.3) is 0 Å². The summed E-state index contributed by atoms with van der Waals surface area (Å²) < 4.78 is 0. The van der Waals surface area contributed by atoms with E-state index < -0.39 is 0 Å². The van der Waals surface area contributed by atoms with Crippen LogP contribution in [0.5, 0.6) is 0 Å². The lowest BCUT2D eigenvalue weighted by molar-refractivity contribution is -0.139.